The molecule has 5 nitrogen and oxygen atoms in total. The van der Waals surface area contributed by atoms with E-state index < -0.39 is 0 Å². The van der Waals surface area contributed by atoms with E-state index in [1.54, 1.807) is 38.4 Å². The van der Waals surface area contributed by atoms with Crippen molar-refractivity contribution in [3.63, 3.8) is 0 Å². The van der Waals surface area contributed by atoms with Crippen LogP contribution in [0.1, 0.15) is 29.6 Å². The molecule has 0 saturated heterocycles. The molecular formula is C16H23N3O2. The van der Waals surface area contributed by atoms with Gasteiger partial charge < -0.3 is 16.0 Å². The van der Waals surface area contributed by atoms with Gasteiger partial charge in [0.25, 0.3) is 5.91 Å². The van der Waals surface area contributed by atoms with Gasteiger partial charge in [-0.3, -0.25) is 9.59 Å². The minimum absolute atomic E-state index is 0.0121. The third kappa shape index (κ3) is 3.61. The molecule has 2 rings (SSSR count). The van der Waals surface area contributed by atoms with Crippen LogP contribution in [0, 0.1) is 11.8 Å². The Morgan fingerprint density at radius 1 is 1.24 bits per heavy atom. The van der Waals surface area contributed by atoms with Gasteiger partial charge in [0.15, 0.2) is 0 Å². The lowest BCUT2D eigenvalue weighted by atomic mass is 9.95. The monoisotopic (exact) mass is 289 g/mol. The quantitative estimate of drug-likeness (QED) is 0.886. The first-order valence-electron chi connectivity index (χ1n) is 7.35. The Bertz CT molecular complexity index is 511. The van der Waals surface area contributed by atoms with Gasteiger partial charge in [0.2, 0.25) is 5.91 Å². The van der Waals surface area contributed by atoms with Crippen LogP contribution in [0.5, 0.6) is 0 Å². The Kier molecular flexibility index (Phi) is 4.96. The predicted molar refractivity (Wildman–Crippen MR) is 83.0 cm³/mol. The number of hydrogen-bond acceptors (Lipinski definition) is 3. The molecule has 1 aliphatic carbocycles. The molecule has 5 heteroatoms. The fraction of sp³-hybridized carbons (Fsp3) is 0.500. The van der Waals surface area contributed by atoms with Gasteiger partial charge in [-0.2, -0.15) is 0 Å². The van der Waals surface area contributed by atoms with Crippen LogP contribution in [0.15, 0.2) is 24.3 Å². The van der Waals surface area contributed by atoms with E-state index in [9.17, 15) is 9.59 Å². The zero-order chi connectivity index (χ0) is 15.4. The van der Waals surface area contributed by atoms with E-state index in [0.717, 1.165) is 24.9 Å². The predicted octanol–water partition coefficient (Wildman–Crippen LogP) is 1.70. The van der Waals surface area contributed by atoms with Crippen LogP contribution in [-0.4, -0.2) is 37.4 Å². The third-order valence-corrected chi connectivity index (χ3v) is 4.10. The summed E-state index contributed by atoms with van der Waals surface area (Å²) in [5.74, 6) is 0.291. The van der Waals surface area contributed by atoms with E-state index in [0.29, 0.717) is 18.0 Å². The number of nitrogens with one attached hydrogen (secondary N) is 1. The first kappa shape index (κ1) is 15.5. The molecule has 1 aliphatic rings. The maximum absolute atomic E-state index is 12.3. The number of anilines is 1. The first-order valence-corrected chi connectivity index (χ1v) is 7.35. The highest BCUT2D eigenvalue weighted by atomic mass is 16.2. The fourth-order valence-electron chi connectivity index (χ4n) is 2.85. The Morgan fingerprint density at radius 3 is 2.48 bits per heavy atom. The number of carbonyl (C=O) groups excluding carboxylic acids is 2. The van der Waals surface area contributed by atoms with Gasteiger partial charge in [-0.1, -0.05) is 6.42 Å². The van der Waals surface area contributed by atoms with E-state index in [-0.39, 0.29) is 17.7 Å². The number of amides is 2. The topological polar surface area (TPSA) is 75.4 Å². The summed E-state index contributed by atoms with van der Waals surface area (Å²) in [4.78, 5) is 25.6. The molecule has 1 fully saturated rings. The second kappa shape index (κ2) is 6.72. The number of hydrogen-bond donors (Lipinski definition) is 2. The molecule has 0 heterocycles. The van der Waals surface area contributed by atoms with Crippen molar-refractivity contribution in [3.8, 4) is 0 Å². The average molecular weight is 289 g/mol. The summed E-state index contributed by atoms with van der Waals surface area (Å²) in [5, 5.41) is 2.92. The van der Waals surface area contributed by atoms with Crippen LogP contribution >= 0.6 is 0 Å². The van der Waals surface area contributed by atoms with Gasteiger partial charge >= 0.3 is 0 Å². The molecule has 0 aliphatic heterocycles. The second-order valence-corrected chi connectivity index (χ2v) is 5.80. The van der Waals surface area contributed by atoms with E-state index in [2.05, 4.69) is 5.32 Å². The van der Waals surface area contributed by atoms with Crippen LogP contribution in [0.3, 0.4) is 0 Å². The molecule has 0 radical (unpaired) electrons. The summed E-state index contributed by atoms with van der Waals surface area (Å²) >= 11 is 0. The molecular weight excluding hydrogens is 266 g/mol. The Morgan fingerprint density at radius 2 is 1.90 bits per heavy atom. The molecule has 1 saturated carbocycles. The standard InChI is InChI=1S/C16H23N3O2/c1-19(2)16(21)11-6-8-13(9-7-11)18-15(20)14-5-3-4-12(14)10-17/h6-9,12,14H,3-5,10,17H2,1-2H3,(H,18,20)/t12-,14-/m1/s1. The lowest BCUT2D eigenvalue weighted by Gasteiger charge is -2.17. The van der Waals surface area contributed by atoms with Gasteiger partial charge in [0.1, 0.15) is 0 Å². The maximum atomic E-state index is 12.3. The molecule has 3 N–H and O–H groups in total. The van der Waals surface area contributed by atoms with Crippen molar-refractivity contribution in [1.29, 1.82) is 0 Å². The molecule has 0 unspecified atom stereocenters. The minimum atomic E-state index is -0.0492. The van der Waals surface area contributed by atoms with E-state index in [1.165, 1.54) is 4.90 Å². The van der Waals surface area contributed by atoms with E-state index in [4.69, 9.17) is 5.73 Å². The Balaban J connectivity index is 2.00. The zero-order valence-corrected chi connectivity index (χ0v) is 12.6. The SMILES string of the molecule is CN(C)C(=O)c1ccc(NC(=O)[C@@H]2CCC[C@@H]2CN)cc1. The van der Waals surface area contributed by atoms with Crippen molar-refractivity contribution < 1.29 is 9.59 Å². The Hall–Kier alpha value is -1.88. The van der Waals surface area contributed by atoms with E-state index in [1.807, 2.05) is 0 Å². The van der Waals surface area contributed by atoms with Crippen molar-refractivity contribution in [3.05, 3.63) is 29.8 Å². The molecule has 114 valence electrons. The van der Waals surface area contributed by atoms with Crippen LogP contribution in [0.4, 0.5) is 5.69 Å². The number of nitrogens with two attached hydrogens (primary N) is 1. The van der Waals surface area contributed by atoms with Crippen molar-refractivity contribution >= 4 is 17.5 Å². The van der Waals surface area contributed by atoms with Crippen LogP contribution in [0.2, 0.25) is 0 Å². The summed E-state index contributed by atoms with van der Waals surface area (Å²) in [5.41, 5.74) is 7.04. The molecule has 1 aromatic carbocycles. The lowest BCUT2D eigenvalue weighted by molar-refractivity contribution is -0.120. The smallest absolute Gasteiger partial charge is 0.253 e. The molecule has 0 spiro atoms. The zero-order valence-electron chi connectivity index (χ0n) is 12.6. The van der Waals surface area contributed by atoms with E-state index >= 15 is 0 Å². The van der Waals surface area contributed by atoms with Crippen molar-refractivity contribution in [2.45, 2.75) is 19.3 Å². The molecule has 2 atom stereocenters. The fourth-order valence-corrected chi connectivity index (χ4v) is 2.85. The average Bonchev–Trinajstić information content (AvgIpc) is 2.95. The normalized spacial score (nSPS) is 21.1. The lowest BCUT2D eigenvalue weighted by Crippen LogP contribution is -2.29. The van der Waals surface area contributed by atoms with Gasteiger partial charge in [-0.05, 0) is 49.6 Å². The van der Waals surface area contributed by atoms with Crippen molar-refractivity contribution in [1.82, 2.24) is 4.90 Å². The van der Waals surface area contributed by atoms with Gasteiger partial charge in [0, 0.05) is 31.3 Å². The van der Waals surface area contributed by atoms with Gasteiger partial charge in [0.05, 0.1) is 0 Å². The third-order valence-electron chi connectivity index (χ3n) is 4.10. The van der Waals surface area contributed by atoms with Crippen molar-refractivity contribution in [2.24, 2.45) is 17.6 Å². The highest BCUT2D eigenvalue weighted by Gasteiger charge is 2.31. The number of nitrogens with zero attached hydrogens (tertiary/aromatic N) is 1. The molecule has 0 aromatic heterocycles. The summed E-state index contributed by atoms with van der Waals surface area (Å²) in [6.07, 6.45) is 3.01. The number of rotatable bonds is 4. The number of benzene rings is 1. The summed E-state index contributed by atoms with van der Waals surface area (Å²) < 4.78 is 0. The summed E-state index contributed by atoms with van der Waals surface area (Å²) in [7, 11) is 3.43. The summed E-state index contributed by atoms with van der Waals surface area (Å²) in [6.45, 7) is 0.564. The van der Waals surface area contributed by atoms with Crippen LogP contribution < -0.4 is 11.1 Å². The molecule has 2 amide bonds. The second-order valence-electron chi connectivity index (χ2n) is 5.80. The van der Waals surface area contributed by atoms with Gasteiger partial charge in [-0.15, -0.1) is 0 Å². The molecule has 0 bridgehead atoms. The molecule has 1 aromatic rings. The van der Waals surface area contributed by atoms with Crippen molar-refractivity contribution in [2.75, 3.05) is 26.0 Å². The Labute approximate surface area is 125 Å². The largest absolute Gasteiger partial charge is 0.345 e. The number of carbonyl (C=O) groups is 2. The summed E-state index contributed by atoms with van der Waals surface area (Å²) in [6, 6.07) is 6.99. The molecule has 21 heavy (non-hydrogen) atoms. The maximum Gasteiger partial charge on any atom is 0.253 e. The van der Waals surface area contributed by atoms with Crippen LogP contribution in [0.25, 0.3) is 0 Å². The highest BCUT2D eigenvalue weighted by molar-refractivity contribution is 5.96. The van der Waals surface area contributed by atoms with Gasteiger partial charge in [-0.25, -0.2) is 0 Å². The minimum Gasteiger partial charge on any atom is -0.345 e. The van der Waals surface area contributed by atoms with Crippen LogP contribution in [-0.2, 0) is 4.79 Å². The highest BCUT2D eigenvalue weighted by Crippen LogP contribution is 2.31. The first-order chi connectivity index (χ1) is 10.0.